The minimum absolute atomic E-state index is 0.242. The van der Waals surface area contributed by atoms with Gasteiger partial charge in [0, 0.05) is 16.2 Å². The lowest BCUT2D eigenvalue weighted by Gasteiger charge is -2.14. The molecule has 2 atom stereocenters. The van der Waals surface area contributed by atoms with Gasteiger partial charge in [0.05, 0.1) is 0 Å². The van der Waals surface area contributed by atoms with Crippen molar-refractivity contribution in [1.82, 2.24) is 0 Å². The first-order chi connectivity index (χ1) is 6.09. The van der Waals surface area contributed by atoms with Crippen molar-refractivity contribution in [3.8, 4) is 0 Å². The van der Waals surface area contributed by atoms with Gasteiger partial charge in [-0.05, 0) is 26.0 Å². The van der Waals surface area contributed by atoms with E-state index in [4.69, 9.17) is 5.73 Å². The van der Waals surface area contributed by atoms with Gasteiger partial charge < -0.3 is 5.73 Å². The standard InChI is InChI=1S/C11H17NS/c1-8-4-6-11(7-5-8)13-10(3)9(2)12/h4-7,9-10H,12H2,1-3H3. The highest BCUT2D eigenvalue weighted by Crippen LogP contribution is 2.24. The lowest BCUT2D eigenvalue weighted by Crippen LogP contribution is -2.26. The van der Waals surface area contributed by atoms with Crippen molar-refractivity contribution in [2.45, 2.75) is 37.0 Å². The number of nitrogens with two attached hydrogens (primary N) is 1. The summed E-state index contributed by atoms with van der Waals surface area (Å²) in [6, 6.07) is 8.82. The van der Waals surface area contributed by atoms with E-state index in [1.807, 2.05) is 18.7 Å². The zero-order valence-electron chi connectivity index (χ0n) is 8.45. The Morgan fingerprint density at radius 1 is 1.15 bits per heavy atom. The molecular weight excluding hydrogens is 178 g/mol. The van der Waals surface area contributed by atoms with Crippen LogP contribution in [0.3, 0.4) is 0 Å². The Labute approximate surface area is 84.7 Å². The molecule has 2 heteroatoms. The van der Waals surface area contributed by atoms with Crippen LogP contribution in [0.25, 0.3) is 0 Å². The summed E-state index contributed by atoms with van der Waals surface area (Å²) in [5.41, 5.74) is 7.10. The van der Waals surface area contributed by atoms with E-state index in [9.17, 15) is 0 Å². The lowest BCUT2D eigenvalue weighted by atomic mass is 10.2. The second kappa shape index (κ2) is 4.68. The highest BCUT2D eigenvalue weighted by molar-refractivity contribution is 8.00. The van der Waals surface area contributed by atoms with Crippen LogP contribution in [-0.2, 0) is 0 Å². The van der Waals surface area contributed by atoms with Gasteiger partial charge in [-0.25, -0.2) is 0 Å². The zero-order valence-corrected chi connectivity index (χ0v) is 9.27. The monoisotopic (exact) mass is 195 g/mol. The van der Waals surface area contributed by atoms with Gasteiger partial charge in [0.2, 0.25) is 0 Å². The number of hydrogen-bond donors (Lipinski definition) is 1. The van der Waals surface area contributed by atoms with E-state index in [-0.39, 0.29) is 6.04 Å². The van der Waals surface area contributed by atoms with Gasteiger partial charge in [-0.3, -0.25) is 0 Å². The topological polar surface area (TPSA) is 26.0 Å². The smallest absolute Gasteiger partial charge is 0.0215 e. The fourth-order valence-electron chi connectivity index (χ4n) is 0.939. The molecule has 0 aliphatic heterocycles. The largest absolute Gasteiger partial charge is 0.327 e. The normalized spacial score (nSPS) is 15.4. The lowest BCUT2D eigenvalue weighted by molar-refractivity contribution is 0.731. The molecule has 0 spiro atoms. The summed E-state index contributed by atoms with van der Waals surface area (Å²) in [5, 5.41) is 0.475. The van der Waals surface area contributed by atoms with Crippen LogP contribution in [0.2, 0.25) is 0 Å². The van der Waals surface area contributed by atoms with Crippen LogP contribution in [0, 0.1) is 6.92 Å². The fraction of sp³-hybridized carbons (Fsp3) is 0.455. The third-order valence-corrected chi connectivity index (χ3v) is 3.43. The molecule has 0 aromatic heterocycles. The number of aryl methyl sites for hydroxylation is 1. The molecule has 1 nitrogen and oxygen atoms in total. The second-order valence-electron chi connectivity index (χ2n) is 3.50. The Morgan fingerprint density at radius 3 is 2.15 bits per heavy atom. The van der Waals surface area contributed by atoms with Crippen molar-refractivity contribution in [1.29, 1.82) is 0 Å². The van der Waals surface area contributed by atoms with Crippen LogP contribution in [0.1, 0.15) is 19.4 Å². The maximum absolute atomic E-state index is 5.79. The first-order valence-corrected chi connectivity index (χ1v) is 5.46. The highest BCUT2D eigenvalue weighted by atomic mass is 32.2. The minimum atomic E-state index is 0.242. The van der Waals surface area contributed by atoms with Crippen LogP contribution in [0.15, 0.2) is 29.2 Å². The predicted octanol–water partition coefficient (Wildman–Crippen LogP) is 2.82. The molecule has 13 heavy (non-hydrogen) atoms. The molecule has 0 saturated carbocycles. The molecule has 72 valence electrons. The Bertz CT molecular complexity index is 253. The number of rotatable bonds is 3. The van der Waals surface area contributed by atoms with Crippen molar-refractivity contribution in [2.24, 2.45) is 5.73 Å². The zero-order chi connectivity index (χ0) is 9.84. The Morgan fingerprint density at radius 2 is 1.69 bits per heavy atom. The molecule has 0 fully saturated rings. The van der Waals surface area contributed by atoms with Crippen molar-refractivity contribution in [3.63, 3.8) is 0 Å². The Balaban J connectivity index is 2.59. The van der Waals surface area contributed by atoms with E-state index in [0.29, 0.717) is 5.25 Å². The van der Waals surface area contributed by atoms with E-state index in [1.165, 1.54) is 10.5 Å². The summed E-state index contributed by atoms with van der Waals surface area (Å²) in [4.78, 5) is 1.30. The van der Waals surface area contributed by atoms with Crippen molar-refractivity contribution < 1.29 is 0 Å². The minimum Gasteiger partial charge on any atom is -0.327 e. The van der Waals surface area contributed by atoms with Crippen LogP contribution >= 0.6 is 11.8 Å². The van der Waals surface area contributed by atoms with Gasteiger partial charge >= 0.3 is 0 Å². The van der Waals surface area contributed by atoms with Crippen LogP contribution in [0.4, 0.5) is 0 Å². The van der Waals surface area contributed by atoms with E-state index in [0.717, 1.165) is 0 Å². The van der Waals surface area contributed by atoms with Gasteiger partial charge in [0.25, 0.3) is 0 Å². The maximum Gasteiger partial charge on any atom is 0.0215 e. The van der Waals surface area contributed by atoms with E-state index in [1.54, 1.807) is 0 Å². The summed E-state index contributed by atoms with van der Waals surface area (Å²) in [5.74, 6) is 0. The summed E-state index contributed by atoms with van der Waals surface area (Å²) < 4.78 is 0. The van der Waals surface area contributed by atoms with Crippen LogP contribution < -0.4 is 5.73 Å². The van der Waals surface area contributed by atoms with Gasteiger partial charge in [-0.15, -0.1) is 11.8 Å². The third-order valence-electron chi connectivity index (χ3n) is 2.08. The molecule has 0 saturated heterocycles. The Hall–Kier alpha value is -0.470. The summed E-state index contributed by atoms with van der Waals surface area (Å²) in [7, 11) is 0. The molecule has 0 heterocycles. The second-order valence-corrected chi connectivity index (χ2v) is 4.95. The summed E-state index contributed by atoms with van der Waals surface area (Å²) in [6.45, 7) is 6.31. The first-order valence-electron chi connectivity index (χ1n) is 4.58. The molecule has 1 rings (SSSR count). The summed E-state index contributed by atoms with van der Waals surface area (Å²) >= 11 is 1.84. The number of thioether (sulfide) groups is 1. The van der Waals surface area contributed by atoms with Crippen molar-refractivity contribution in [3.05, 3.63) is 29.8 Å². The average Bonchev–Trinajstić information content (AvgIpc) is 2.08. The van der Waals surface area contributed by atoms with Crippen LogP contribution in [0.5, 0.6) is 0 Å². The summed E-state index contributed by atoms with van der Waals surface area (Å²) in [6.07, 6.45) is 0. The van der Waals surface area contributed by atoms with E-state index >= 15 is 0 Å². The number of hydrogen-bond acceptors (Lipinski definition) is 2. The average molecular weight is 195 g/mol. The Kier molecular flexibility index (Phi) is 3.82. The molecule has 0 aliphatic carbocycles. The van der Waals surface area contributed by atoms with Gasteiger partial charge in [-0.2, -0.15) is 0 Å². The highest BCUT2D eigenvalue weighted by Gasteiger charge is 2.08. The van der Waals surface area contributed by atoms with Crippen molar-refractivity contribution in [2.75, 3.05) is 0 Å². The quantitative estimate of drug-likeness (QED) is 0.751. The SMILES string of the molecule is Cc1ccc(SC(C)C(C)N)cc1. The van der Waals surface area contributed by atoms with Gasteiger partial charge in [0.1, 0.15) is 0 Å². The number of benzene rings is 1. The molecule has 0 aliphatic rings. The third kappa shape index (κ3) is 3.41. The van der Waals surface area contributed by atoms with E-state index < -0.39 is 0 Å². The fourth-order valence-corrected chi connectivity index (χ4v) is 1.88. The molecule has 0 radical (unpaired) electrons. The molecule has 1 aromatic rings. The molecule has 0 amide bonds. The predicted molar refractivity (Wildman–Crippen MR) is 60.1 cm³/mol. The molecule has 2 N–H and O–H groups in total. The maximum atomic E-state index is 5.79. The first kappa shape index (κ1) is 10.6. The van der Waals surface area contributed by atoms with Crippen molar-refractivity contribution >= 4 is 11.8 Å². The molecule has 1 aromatic carbocycles. The van der Waals surface area contributed by atoms with Crippen LogP contribution in [-0.4, -0.2) is 11.3 Å². The molecular formula is C11H17NS. The molecule has 0 bridgehead atoms. The van der Waals surface area contributed by atoms with Gasteiger partial charge in [-0.1, -0.05) is 24.6 Å². The van der Waals surface area contributed by atoms with E-state index in [2.05, 4.69) is 38.1 Å². The van der Waals surface area contributed by atoms with Gasteiger partial charge in [0.15, 0.2) is 0 Å². The molecule has 2 unspecified atom stereocenters.